The highest BCUT2D eigenvalue weighted by Crippen LogP contribution is 2.38. The lowest BCUT2D eigenvalue weighted by Gasteiger charge is -2.47. The molecule has 3 rings (SSSR count). The van der Waals surface area contributed by atoms with E-state index < -0.39 is 41.4 Å². The van der Waals surface area contributed by atoms with E-state index in [0.29, 0.717) is 12.8 Å². The van der Waals surface area contributed by atoms with Crippen LogP contribution in [0.4, 0.5) is 0 Å². The lowest BCUT2D eigenvalue weighted by molar-refractivity contribution is -0.295. The predicted octanol–water partition coefficient (Wildman–Crippen LogP) is 4.06. The molecule has 9 atom stereocenters. The van der Waals surface area contributed by atoms with E-state index in [-0.39, 0.29) is 36.5 Å². The molecule has 48 heavy (non-hydrogen) atoms. The van der Waals surface area contributed by atoms with Crippen LogP contribution < -0.4 is 5.32 Å². The third-order valence-electron chi connectivity index (χ3n) is 10.3. The van der Waals surface area contributed by atoms with Gasteiger partial charge in [0.1, 0.15) is 18.1 Å². The summed E-state index contributed by atoms with van der Waals surface area (Å²) in [4.78, 5) is 36.6. The Kier molecular flexibility index (Phi) is 15.4. The van der Waals surface area contributed by atoms with Crippen LogP contribution in [0.25, 0.3) is 0 Å². The monoisotopic (exact) mass is 676 g/mol. The number of aliphatic hydroxyl groups excluding tert-OH is 1. The lowest BCUT2D eigenvalue weighted by atomic mass is 9.74. The second-order valence-electron chi connectivity index (χ2n) is 15.2. The van der Waals surface area contributed by atoms with E-state index in [1.54, 1.807) is 34.1 Å². The number of Topliss-reactive ketones (excluding diaryl/α,β-unsaturated/α-hetero) is 1. The fourth-order valence-electron chi connectivity index (χ4n) is 7.50. The first kappa shape index (κ1) is 40.4. The fourth-order valence-corrected chi connectivity index (χ4v) is 7.50. The van der Waals surface area contributed by atoms with Crippen LogP contribution in [0.2, 0.25) is 0 Å². The van der Waals surface area contributed by atoms with E-state index in [1.807, 2.05) is 45.1 Å². The average Bonchev–Trinajstić information content (AvgIpc) is 3.05. The van der Waals surface area contributed by atoms with Crippen molar-refractivity contribution in [3.63, 3.8) is 0 Å². The molecule has 0 aliphatic carbocycles. The van der Waals surface area contributed by atoms with Gasteiger partial charge in [-0.1, -0.05) is 26.8 Å². The average molecular weight is 677 g/mol. The maximum atomic E-state index is 14.3. The number of hydrogen-bond acceptors (Lipinski definition) is 11. The first-order valence-corrected chi connectivity index (χ1v) is 17.9. The van der Waals surface area contributed by atoms with Crippen LogP contribution >= 0.6 is 0 Å². The van der Waals surface area contributed by atoms with Crippen LogP contribution in [-0.4, -0.2) is 121 Å². The molecule has 2 saturated heterocycles. The van der Waals surface area contributed by atoms with E-state index in [1.165, 1.54) is 0 Å². The second kappa shape index (κ2) is 18.3. The van der Waals surface area contributed by atoms with E-state index >= 15 is 0 Å². The van der Waals surface area contributed by atoms with Gasteiger partial charge >= 0.3 is 5.97 Å². The third kappa shape index (κ3) is 10.5. The summed E-state index contributed by atoms with van der Waals surface area (Å²) in [5.74, 6) is -1.45. The molecular weight excluding hydrogens is 612 g/mol. The number of carbonyl (C=O) groups excluding carboxylic acids is 2. The summed E-state index contributed by atoms with van der Waals surface area (Å²) < 4.78 is 25.1. The summed E-state index contributed by atoms with van der Waals surface area (Å²) in [6, 6.07) is 3.81. The Morgan fingerprint density at radius 1 is 1.19 bits per heavy atom. The number of rotatable bonds is 12. The van der Waals surface area contributed by atoms with Gasteiger partial charge in [0.05, 0.1) is 17.8 Å². The molecule has 4 unspecified atom stereocenters. The Labute approximate surface area is 289 Å². The SMILES string of the molecule is CCCN1CC(C)CC(C)(OC)C(O[C@@H]2O[C@H](C)C[C@H](N(C)C)[C@H]2O)C(C)C(=O)C(C)(C)C(=O)OC[C@H]1CCCNCc1cccnc1. The van der Waals surface area contributed by atoms with Gasteiger partial charge in [0.15, 0.2) is 12.1 Å². The van der Waals surface area contributed by atoms with Crippen molar-refractivity contribution in [2.45, 2.75) is 129 Å². The van der Waals surface area contributed by atoms with Crippen LogP contribution in [-0.2, 0) is 35.1 Å². The predicted molar refractivity (Wildman–Crippen MR) is 186 cm³/mol. The van der Waals surface area contributed by atoms with Gasteiger partial charge in [-0.05, 0) is 105 Å². The van der Waals surface area contributed by atoms with Gasteiger partial charge in [-0.15, -0.1) is 0 Å². The summed E-state index contributed by atoms with van der Waals surface area (Å²) in [6.07, 6.45) is 4.71. The van der Waals surface area contributed by atoms with Gasteiger partial charge in [0, 0.05) is 50.6 Å². The number of esters is 1. The molecule has 0 amide bonds. The van der Waals surface area contributed by atoms with E-state index in [0.717, 1.165) is 51.0 Å². The third-order valence-corrected chi connectivity index (χ3v) is 10.3. The number of cyclic esters (lactones) is 1. The largest absolute Gasteiger partial charge is 0.463 e. The summed E-state index contributed by atoms with van der Waals surface area (Å²) in [5, 5.41) is 14.9. The molecule has 2 N–H and O–H groups in total. The molecule has 274 valence electrons. The van der Waals surface area contributed by atoms with Crippen molar-refractivity contribution in [1.29, 1.82) is 0 Å². The number of aliphatic hydroxyl groups is 1. The maximum absolute atomic E-state index is 14.3. The molecule has 3 heterocycles. The minimum atomic E-state index is -1.42. The van der Waals surface area contributed by atoms with Gasteiger partial charge in [0.2, 0.25) is 0 Å². The summed E-state index contributed by atoms with van der Waals surface area (Å²) in [5.41, 5.74) is -1.22. The van der Waals surface area contributed by atoms with Crippen LogP contribution in [0.15, 0.2) is 24.5 Å². The number of ketones is 1. The van der Waals surface area contributed by atoms with Crippen LogP contribution in [0.1, 0.15) is 86.1 Å². The van der Waals surface area contributed by atoms with Gasteiger partial charge < -0.3 is 34.3 Å². The van der Waals surface area contributed by atoms with E-state index in [2.05, 4.69) is 35.1 Å². The number of aromatic nitrogens is 1. The lowest BCUT2D eigenvalue weighted by Crippen LogP contribution is -2.59. The Morgan fingerprint density at radius 2 is 1.92 bits per heavy atom. The van der Waals surface area contributed by atoms with Crippen LogP contribution in [0, 0.1) is 17.3 Å². The van der Waals surface area contributed by atoms with Crippen molar-refractivity contribution in [3.8, 4) is 0 Å². The quantitative estimate of drug-likeness (QED) is 0.189. The summed E-state index contributed by atoms with van der Waals surface area (Å²) in [6.45, 7) is 16.7. The smallest absolute Gasteiger partial charge is 0.319 e. The molecule has 2 aliphatic rings. The molecule has 2 aliphatic heterocycles. The highest BCUT2D eigenvalue weighted by Gasteiger charge is 2.51. The molecule has 1 aromatic heterocycles. The minimum absolute atomic E-state index is 0.00305. The standard InChI is InChI=1S/C37H64N4O7/c1-11-18-41-23-25(2)20-37(7,45-10)33(48-34-31(42)30(40(8)9)19-26(3)47-34)27(4)32(43)36(5,6)35(44)46-24-29(41)15-13-17-39-22-28-14-12-16-38-21-28/h12,14,16,21,25-27,29-31,33-34,39,42H,11,13,15,17-20,22-24H2,1-10H3/t25?,26-,27?,29-,30+,31-,33?,34+,37?/m1/s1. The first-order chi connectivity index (χ1) is 22.6. The molecule has 11 heteroatoms. The van der Waals surface area contributed by atoms with Gasteiger partial charge in [-0.2, -0.15) is 0 Å². The number of nitrogens with zero attached hydrogens (tertiary/aromatic N) is 3. The zero-order chi connectivity index (χ0) is 35.6. The van der Waals surface area contributed by atoms with Crippen molar-refractivity contribution < 1.29 is 33.6 Å². The number of pyridine rings is 1. The Morgan fingerprint density at radius 3 is 2.54 bits per heavy atom. The Hall–Kier alpha value is -1.99. The molecule has 0 bridgehead atoms. The van der Waals surface area contributed by atoms with Gasteiger partial charge in [0.25, 0.3) is 0 Å². The minimum Gasteiger partial charge on any atom is -0.463 e. The van der Waals surface area contributed by atoms with Crippen molar-refractivity contribution in [3.05, 3.63) is 30.1 Å². The maximum Gasteiger partial charge on any atom is 0.319 e. The summed E-state index contributed by atoms with van der Waals surface area (Å²) >= 11 is 0. The number of methoxy groups -OCH3 is 1. The van der Waals surface area contributed by atoms with Crippen LogP contribution in [0.3, 0.4) is 0 Å². The number of nitrogens with one attached hydrogen (secondary N) is 1. The zero-order valence-corrected chi connectivity index (χ0v) is 31.2. The van der Waals surface area contributed by atoms with Crippen molar-refractivity contribution in [1.82, 2.24) is 20.1 Å². The normalized spacial score (nSPS) is 34.2. The molecule has 0 saturated carbocycles. The molecule has 11 nitrogen and oxygen atoms in total. The molecule has 0 spiro atoms. The van der Waals surface area contributed by atoms with Crippen molar-refractivity contribution in [2.75, 3.05) is 47.4 Å². The highest BCUT2D eigenvalue weighted by molar-refractivity contribution is 6.04. The van der Waals surface area contributed by atoms with Gasteiger partial charge in [-0.25, -0.2) is 0 Å². The molecule has 0 aromatic carbocycles. The highest BCUT2D eigenvalue weighted by atomic mass is 16.7. The Bertz CT molecular complexity index is 1140. The fraction of sp³-hybridized carbons (Fsp3) is 0.811. The molecular formula is C37H64N4O7. The van der Waals surface area contributed by atoms with Crippen molar-refractivity contribution >= 4 is 11.8 Å². The first-order valence-electron chi connectivity index (χ1n) is 17.9. The topological polar surface area (TPSA) is 123 Å². The zero-order valence-electron chi connectivity index (χ0n) is 31.2. The molecule has 0 radical (unpaired) electrons. The molecule has 1 aromatic rings. The van der Waals surface area contributed by atoms with Gasteiger partial charge in [-0.3, -0.25) is 19.5 Å². The van der Waals surface area contributed by atoms with Crippen LogP contribution in [0.5, 0.6) is 0 Å². The number of hydrogen-bond donors (Lipinski definition) is 2. The number of ether oxygens (including phenoxy) is 4. The number of likely N-dealkylation sites (N-methyl/N-ethyl adjacent to an activating group) is 1. The second-order valence-corrected chi connectivity index (χ2v) is 15.2. The van der Waals surface area contributed by atoms with E-state index in [4.69, 9.17) is 18.9 Å². The van der Waals surface area contributed by atoms with Crippen molar-refractivity contribution in [2.24, 2.45) is 17.3 Å². The Balaban J connectivity index is 1.89. The number of carbonyl (C=O) groups is 2. The molecule has 2 fully saturated rings. The summed E-state index contributed by atoms with van der Waals surface area (Å²) in [7, 11) is 5.50. The van der Waals surface area contributed by atoms with E-state index in [9.17, 15) is 14.7 Å².